The lowest BCUT2D eigenvalue weighted by molar-refractivity contribution is -0.120. The van der Waals surface area contributed by atoms with Gasteiger partial charge in [-0.15, -0.1) is 11.3 Å². The number of amides is 1. The number of nitrogens with one attached hydrogen (secondary N) is 1. The van der Waals surface area contributed by atoms with Crippen molar-refractivity contribution in [2.75, 3.05) is 12.3 Å². The van der Waals surface area contributed by atoms with Crippen LogP contribution in [0.5, 0.6) is 0 Å². The van der Waals surface area contributed by atoms with Crippen LogP contribution >= 0.6 is 11.3 Å². The van der Waals surface area contributed by atoms with Crippen LogP contribution in [0.2, 0.25) is 0 Å². The highest BCUT2D eigenvalue weighted by atomic mass is 32.1. The summed E-state index contributed by atoms with van der Waals surface area (Å²) in [7, 11) is 0. The van der Waals surface area contributed by atoms with Gasteiger partial charge in [0.1, 0.15) is 5.82 Å². The average Bonchev–Trinajstić information content (AvgIpc) is 3.02. The van der Waals surface area contributed by atoms with E-state index in [2.05, 4.69) is 33.7 Å². The number of rotatable bonds is 7. The lowest BCUT2D eigenvalue weighted by atomic mass is 10.2. The van der Waals surface area contributed by atoms with E-state index in [1.54, 1.807) is 0 Å². The number of anilines is 1. The Morgan fingerprint density at radius 1 is 1.50 bits per heavy atom. The maximum absolute atomic E-state index is 11.9. The molecule has 6 nitrogen and oxygen atoms in total. The van der Waals surface area contributed by atoms with Crippen molar-refractivity contribution in [2.24, 2.45) is 0 Å². The second-order valence-electron chi connectivity index (χ2n) is 5.57. The average molecular weight is 321 g/mol. The molecule has 0 bridgehead atoms. The van der Waals surface area contributed by atoms with E-state index in [9.17, 15) is 4.79 Å². The molecule has 1 amide bonds. The second kappa shape index (κ2) is 7.40. The number of nitrogens with zero attached hydrogens (tertiary/aromatic N) is 3. The topological polar surface area (TPSA) is 85.8 Å². The number of nitrogen functional groups attached to an aromatic ring is 1. The van der Waals surface area contributed by atoms with Crippen molar-refractivity contribution < 1.29 is 4.79 Å². The van der Waals surface area contributed by atoms with Gasteiger partial charge >= 0.3 is 0 Å². The first-order valence-corrected chi connectivity index (χ1v) is 8.28. The van der Waals surface area contributed by atoms with Gasteiger partial charge in [0.15, 0.2) is 5.13 Å². The third-order valence-electron chi connectivity index (χ3n) is 3.39. The summed E-state index contributed by atoms with van der Waals surface area (Å²) in [6.45, 7) is 7.65. The van der Waals surface area contributed by atoms with E-state index in [1.807, 2.05) is 19.3 Å². The maximum atomic E-state index is 11.9. The molecule has 0 saturated carbocycles. The van der Waals surface area contributed by atoms with Crippen molar-refractivity contribution in [3.8, 4) is 0 Å². The molecular weight excluding hydrogens is 298 g/mol. The first-order valence-electron chi connectivity index (χ1n) is 7.47. The Morgan fingerprint density at radius 3 is 2.91 bits per heavy atom. The Kier molecular flexibility index (Phi) is 5.54. The van der Waals surface area contributed by atoms with Gasteiger partial charge in [-0.3, -0.25) is 4.79 Å². The van der Waals surface area contributed by atoms with Gasteiger partial charge in [0, 0.05) is 36.3 Å². The molecule has 2 aromatic rings. The highest BCUT2D eigenvalue weighted by Crippen LogP contribution is 2.19. The fourth-order valence-electron chi connectivity index (χ4n) is 2.31. The van der Waals surface area contributed by atoms with Gasteiger partial charge in [-0.25, -0.2) is 9.97 Å². The van der Waals surface area contributed by atoms with E-state index < -0.39 is 0 Å². The molecule has 0 fully saturated rings. The van der Waals surface area contributed by atoms with Crippen LogP contribution in [-0.4, -0.2) is 27.0 Å². The van der Waals surface area contributed by atoms with Gasteiger partial charge in [-0.05, 0) is 13.3 Å². The molecule has 0 atom stereocenters. The summed E-state index contributed by atoms with van der Waals surface area (Å²) >= 11 is 1.38. The summed E-state index contributed by atoms with van der Waals surface area (Å²) in [5, 5.41) is 3.46. The Hall–Kier alpha value is -1.89. The van der Waals surface area contributed by atoms with Gasteiger partial charge in [-0.2, -0.15) is 0 Å². The molecule has 2 rings (SSSR count). The molecule has 0 aliphatic rings. The third-order valence-corrected chi connectivity index (χ3v) is 4.38. The molecule has 0 aliphatic carbocycles. The smallest absolute Gasteiger partial charge is 0.225 e. The van der Waals surface area contributed by atoms with Gasteiger partial charge in [0.05, 0.1) is 12.1 Å². The number of hydrogen-bond donors (Lipinski definition) is 2. The number of aromatic nitrogens is 3. The quantitative estimate of drug-likeness (QED) is 0.765. The summed E-state index contributed by atoms with van der Waals surface area (Å²) < 4.78 is 2.14. The molecule has 0 saturated heterocycles. The molecular formula is C15H23N5OS. The summed E-state index contributed by atoms with van der Waals surface area (Å²) in [5.41, 5.74) is 6.48. The number of nitrogens with two attached hydrogens (primary N) is 1. The number of hydrogen-bond acceptors (Lipinski definition) is 5. The van der Waals surface area contributed by atoms with Gasteiger partial charge in [-0.1, -0.05) is 13.8 Å². The molecule has 0 aliphatic heterocycles. The van der Waals surface area contributed by atoms with Gasteiger partial charge in [0.2, 0.25) is 5.91 Å². The van der Waals surface area contributed by atoms with Crippen LogP contribution < -0.4 is 11.1 Å². The Morgan fingerprint density at radius 2 is 2.27 bits per heavy atom. The van der Waals surface area contributed by atoms with Crippen LogP contribution in [0.4, 0.5) is 5.13 Å². The standard InChI is InChI=1S/C15H23N5OS/c1-10(2)14-18-6-8-20(14)7-4-5-17-13(21)9-12-11(3)19-15(16)22-12/h6,8,10H,4-5,7,9H2,1-3H3,(H2,16,19)(H,17,21). The number of aryl methyl sites for hydroxylation is 2. The van der Waals surface area contributed by atoms with E-state index in [0.29, 0.717) is 24.0 Å². The zero-order valence-electron chi connectivity index (χ0n) is 13.3. The van der Waals surface area contributed by atoms with Crippen molar-refractivity contribution in [1.29, 1.82) is 0 Å². The van der Waals surface area contributed by atoms with E-state index in [-0.39, 0.29) is 5.91 Å². The van der Waals surface area contributed by atoms with Gasteiger partial charge in [0.25, 0.3) is 0 Å². The Labute approximate surface area is 134 Å². The largest absolute Gasteiger partial charge is 0.375 e. The first-order chi connectivity index (χ1) is 10.5. The minimum absolute atomic E-state index is 0.0152. The SMILES string of the molecule is Cc1nc(N)sc1CC(=O)NCCCn1ccnc1C(C)C. The monoisotopic (exact) mass is 321 g/mol. The number of thiazole rings is 1. The summed E-state index contributed by atoms with van der Waals surface area (Å²) in [6.07, 6.45) is 5.04. The molecule has 0 unspecified atom stereocenters. The molecule has 7 heteroatoms. The van der Waals surface area contributed by atoms with Crippen LogP contribution in [0, 0.1) is 6.92 Å². The Balaban J connectivity index is 1.73. The minimum atomic E-state index is 0.0152. The summed E-state index contributed by atoms with van der Waals surface area (Å²) in [6, 6.07) is 0. The Bertz CT molecular complexity index is 632. The normalized spacial score (nSPS) is 11.1. The molecule has 2 aromatic heterocycles. The van der Waals surface area contributed by atoms with Gasteiger partial charge < -0.3 is 15.6 Å². The molecule has 0 radical (unpaired) electrons. The maximum Gasteiger partial charge on any atom is 0.225 e. The van der Waals surface area contributed by atoms with E-state index in [4.69, 9.17) is 5.73 Å². The third kappa shape index (κ3) is 4.30. The zero-order valence-corrected chi connectivity index (χ0v) is 14.1. The van der Waals surface area contributed by atoms with E-state index in [1.165, 1.54) is 11.3 Å². The highest BCUT2D eigenvalue weighted by molar-refractivity contribution is 7.15. The molecule has 2 heterocycles. The van der Waals surface area contributed by atoms with Crippen molar-refractivity contribution in [2.45, 2.75) is 46.1 Å². The number of carbonyl (C=O) groups is 1. The minimum Gasteiger partial charge on any atom is -0.375 e. The van der Waals surface area contributed by atoms with E-state index in [0.717, 1.165) is 29.4 Å². The van der Waals surface area contributed by atoms with Crippen LogP contribution in [0.1, 0.15) is 42.6 Å². The highest BCUT2D eigenvalue weighted by Gasteiger charge is 2.10. The molecule has 22 heavy (non-hydrogen) atoms. The van der Waals surface area contributed by atoms with Crippen molar-refractivity contribution in [1.82, 2.24) is 19.9 Å². The lowest BCUT2D eigenvalue weighted by Crippen LogP contribution is -2.26. The van der Waals surface area contributed by atoms with Crippen LogP contribution in [0.25, 0.3) is 0 Å². The predicted molar refractivity (Wildman–Crippen MR) is 88.9 cm³/mol. The summed E-state index contributed by atoms with van der Waals surface area (Å²) in [5.74, 6) is 1.51. The summed E-state index contributed by atoms with van der Waals surface area (Å²) in [4.78, 5) is 21.3. The fraction of sp³-hybridized carbons (Fsp3) is 0.533. The second-order valence-corrected chi connectivity index (χ2v) is 6.69. The van der Waals surface area contributed by atoms with Crippen LogP contribution in [-0.2, 0) is 17.8 Å². The number of carbonyl (C=O) groups excluding carboxylic acids is 1. The first kappa shape index (κ1) is 16.5. The molecule has 3 N–H and O–H groups in total. The zero-order chi connectivity index (χ0) is 16.1. The van der Waals surface area contributed by atoms with Crippen molar-refractivity contribution >= 4 is 22.4 Å². The van der Waals surface area contributed by atoms with Crippen molar-refractivity contribution in [3.05, 3.63) is 28.8 Å². The predicted octanol–water partition coefficient (Wildman–Crippen LogP) is 2.10. The fourth-order valence-corrected chi connectivity index (χ4v) is 3.14. The molecule has 120 valence electrons. The van der Waals surface area contributed by atoms with Crippen LogP contribution in [0.3, 0.4) is 0 Å². The lowest BCUT2D eigenvalue weighted by Gasteiger charge is -2.10. The molecule has 0 spiro atoms. The van der Waals surface area contributed by atoms with Crippen molar-refractivity contribution in [3.63, 3.8) is 0 Å². The van der Waals surface area contributed by atoms with E-state index >= 15 is 0 Å². The molecule has 0 aromatic carbocycles. The number of imidazole rings is 1. The van der Waals surface area contributed by atoms with Crippen LogP contribution in [0.15, 0.2) is 12.4 Å².